The van der Waals surface area contributed by atoms with Crippen LogP contribution in [0.5, 0.6) is 0 Å². The number of hydrogen-bond acceptors (Lipinski definition) is 2. The van der Waals surface area contributed by atoms with Gasteiger partial charge < -0.3 is 0 Å². The van der Waals surface area contributed by atoms with E-state index in [2.05, 4.69) is 35.9 Å². The van der Waals surface area contributed by atoms with E-state index in [-0.39, 0.29) is 0 Å². The van der Waals surface area contributed by atoms with Gasteiger partial charge >= 0.3 is 135 Å². The first-order valence-electron chi connectivity index (χ1n) is 8.81. The van der Waals surface area contributed by atoms with Gasteiger partial charge in [0.25, 0.3) is 0 Å². The first-order valence-corrected chi connectivity index (χ1v) is 16.5. The molecule has 0 bridgehead atoms. The molecule has 1 aromatic rings. The molecule has 0 atom stereocenters. The van der Waals surface area contributed by atoms with Crippen molar-refractivity contribution in [2.45, 2.75) is 79.0 Å². The summed E-state index contributed by atoms with van der Waals surface area (Å²) in [5.41, 5.74) is 0. The minimum absolute atomic E-state index is 0.920. The van der Waals surface area contributed by atoms with Gasteiger partial charge in [0.05, 0.1) is 0 Å². The van der Waals surface area contributed by atoms with Crippen molar-refractivity contribution in [3.8, 4) is 0 Å². The Morgan fingerprint density at radius 1 is 1.00 bits per heavy atom. The maximum absolute atomic E-state index is 5.35. The van der Waals surface area contributed by atoms with Crippen molar-refractivity contribution in [3.05, 3.63) is 28.5 Å². The molecule has 0 saturated carbocycles. The molecule has 0 aromatic carbocycles. The van der Waals surface area contributed by atoms with E-state index >= 15 is 0 Å². The van der Waals surface area contributed by atoms with E-state index in [4.69, 9.17) is 4.42 Å². The molecule has 3 heteroatoms. The molecule has 1 heterocycles. The van der Waals surface area contributed by atoms with Gasteiger partial charge in [0.1, 0.15) is 0 Å². The standard InChI is InChI=1S/C6H6NO.3C4H9.Sn/c1-2-3-6-4-7-5-8-6;3*1-3-4-2;/h1-2,4-5H,3H2;3*1,3-4H2,2H3;. The van der Waals surface area contributed by atoms with Crippen LogP contribution in [0.25, 0.3) is 0 Å². The summed E-state index contributed by atoms with van der Waals surface area (Å²) in [6.45, 7) is 6.98. The fourth-order valence-corrected chi connectivity index (χ4v) is 17.4. The van der Waals surface area contributed by atoms with Crippen LogP contribution >= 0.6 is 0 Å². The van der Waals surface area contributed by atoms with Crippen LogP contribution in [0.2, 0.25) is 13.3 Å². The average Bonchev–Trinajstić information content (AvgIpc) is 3.01. The molecular formula is C18H33NOSn. The molecule has 0 radical (unpaired) electrons. The van der Waals surface area contributed by atoms with Crippen LogP contribution in [0.3, 0.4) is 0 Å². The normalized spacial score (nSPS) is 12.3. The zero-order chi connectivity index (χ0) is 15.4. The Bertz CT molecular complexity index is 351. The second kappa shape index (κ2) is 11.3. The Hall–Kier alpha value is -0.251. The molecule has 2 nitrogen and oxygen atoms in total. The Kier molecular flexibility index (Phi) is 10.1. The molecule has 120 valence electrons. The molecule has 1 rings (SSSR count). The molecule has 0 N–H and O–H groups in total. The van der Waals surface area contributed by atoms with Crippen LogP contribution in [-0.2, 0) is 6.42 Å². The minimum atomic E-state index is -2.07. The van der Waals surface area contributed by atoms with Gasteiger partial charge in [0.15, 0.2) is 0 Å². The van der Waals surface area contributed by atoms with Crippen LogP contribution in [0, 0.1) is 0 Å². The summed E-state index contributed by atoms with van der Waals surface area (Å²) in [7, 11) is 0. The number of allylic oxidation sites excluding steroid dienone is 1. The van der Waals surface area contributed by atoms with E-state index in [0.29, 0.717) is 0 Å². The van der Waals surface area contributed by atoms with Crippen molar-refractivity contribution in [2.24, 2.45) is 0 Å². The van der Waals surface area contributed by atoms with E-state index in [9.17, 15) is 0 Å². The summed E-state index contributed by atoms with van der Waals surface area (Å²) >= 11 is -2.07. The fraction of sp³-hybridized carbons (Fsp3) is 0.722. The molecule has 0 aliphatic heterocycles. The van der Waals surface area contributed by atoms with E-state index in [1.165, 1.54) is 58.2 Å². The third kappa shape index (κ3) is 7.53. The molecule has 0 saturated heterocycles. The molecular weight excluding hydrogens is 365 g/mol. The monoisotopic (exact) mass is 399 g/mol. The zero-order valence-corrected chi connectivity index (χ0v) is 17.1. The van der Waals surface area contributed by atoms with Crippen LogP contribution in [0.15, 0.2) is 27.2 Å². The predicted octanol–water partition coefficient (Wildman–Crippen LogP) is 6.16. The van der Waals surface area contributed by atoms with E-state index in [0.717, 1.165) is 12.2 Å². The number of rotatable bonds is 12. The molecule has 0 aliphatic rings. The van der Waals surface area contributed by atoms with Gasteiger partial charge in [-0.05, 0) is 0 Å². The van der Waals surface area contributed by atoms with Crippen LogP contribution < -0.4 is 0 Å². The first kappa shape index (κ1) is 18.8. The van der Waals surface area contributed by atoms with E-state index in [1.807, 2.05) is 6.20 Å². The van der Waals surface area contributed by atoms with Crippen molar-refractivity contribution in [2.75, 3.05) is 0 Å². The van der Waals surface area contributed by atoms with Crippen molar-refractivity contribution in [3.63, 3.8) is 0 Å². The van der Waals surface area contributed by atoms with Crippen molar-refractivity contribution in [1.82, 2.24) is 4.98 Å². The fourth-order valence-electron chi connectivity index (χ4n) is 2.98. The Balaban J connectivity index is 2.71. The summed E-state index contributed by atoms with van der Waals surface area (Å²) in [5.74, 6) is 0.993. The number of hydrogen-bond donors (Lipinski definition) is 0. The summed E-state index contributed by atoms with van der Waals surface area (Å²) in [5, 5.41) is 0. The van der Waals surface area contributed by atoms with Crippen molar-refractivity contribution in [1.29, 1.82) is 0 Å². The Morgan fingerprint density at radius 3 is 2.00 bits per heavy atom. The molecule has 0 amide bonds. The van der Waals surface area contributed by atoms with Gasteiger partial charge in [0, 0.05) is 0 Å². The second-order valence-corrected chi connectivity index (χ2v) is 19.3. The topological polar surface area (TPSA) is 26.0 Å². The van der Waals surface area contributed by atoms with Gasteiger partial charge in [-0.2, -0.15) is 0 Å². The quantitative estimate of drug-likeness (QED) is 0.394. The molecule has 21 heavy (non-hydrogen) atoms. The molecule has 1 aromatic heterocycles. The second-order valence-electron chi connectivity index (χ2n) is 6.25. The third-order valence-electron chi connectivity index (χ3n) is 4.36. The maximum atomic E-state index is 5.35. The number of aromatic nitrogens is 1. The number of oxazole rings is 1. The Morgan fingerprint density at radius 2 is 1.57 bits per heavy atom. The van der Waals surface area contributed by atoms with Gasteiger partial charge in [-0.3, -0.25) is 0 Å². The molecule has 0 unspecified atom stereocenters. The van der Waals surface area contributed by atoms with Crippen LogP contribution in [0.1, 0.15) is 65.1 Å². The van der Waals surface area contributed by atoms with Gasteiger partial charge in [0.2, 0.25) is 0 Å². The van der Waals surface area contributed by atoms with Crippen LogP contribution in [-0.4, -0.2) is 23.4 Å². The van der Waals surface area contributed by atoms with Crippen molar-refractivity contribution >= 4 is 18.4 Å². The first-order chi connectivity index (χ1) is 10.3. The third-order valence-corrected chi connectivity index (χ3v) is 18.6. The summed E-state index contributed by atoms with van der Waals surface area (Å²) in [4.78, 5) is 4.00. The van der Waals surface area contributed by atoms with E-state index in [1.54, 1.807) is 0 Å². The number of nitrogens with zero attached hydrogens (tertiary/aromatic N) is 1. The molecule has 0 aliphatic carbocycles. The summed E-state index contributed by atoms with van der Waals surface area (Å²) in [6.07, 6.45) is 15.0. The SMILES string of the molecule is CCC[CH2][Sn](/[CH]=C/Cc1cnco1)([CH2]CCC)[CH2]CCC. The van der Waals surface area contributed by atoms with Gasteiger partial charge in [-0.15, -0.1) is 0 Å². The van der Waals surface area contributed by atoms with Gasteiger partial charge in [-0.25, -0.2) is 0 Å². The average molecular weight is 398 g/mol. The summed E-state index contributed by atoms with van der Waals surface area (Å²) in [6, 6.07) is 0. The Labute approximate surface area is 135 Å². The summed E-state index contributed by atoms with van der Waals surface area (Å²) < 4.78 is 12.7. The predicted molar refractivity (Wildman–Crippen MR) is 94.2 cm³/mol. The van der Waals surface area contributed by atoms with Crippen LogP contribution in [0.4, 0.5) is 0 Å². The van der Waals surface area contributed by atoms with E-state index < -0.39 is 18.4 Å². The number of unbranched alkanes of at least 4 members (excludes halogenated alkanes) is 3. The molecule has 0 fully saturated rings. The molecule has 0 spiro atoms. The van der Waals surface area contributed by atoms with Gasteiger partial charge in [-0.1, -0.05) is 0 Å². The zero-order valence-electron chi connectivity index (χ0n) is 14.2. The van der Waals surface area contributed by atoms with Crippen molar-refractivity contribution < 1.29 is 4.42 Å².